The molecule has 0 aliphatic carbocycles. The van der Waals surface area contributed by atoms with Gasteiger partial charge >= 0.3 is 0 Å². The average molecular weight is 707 g/mol. The lowest BCUT2D eigenvalue weighted by molar-refractivity contribution is 1.00. The van der Waals surface area contributed by atoms with Crippen LogP contribution < -0.4 is 43.7 Å². The van der Waals surface area contributed by atoms with Crippen LogP contribution in [0.1, 0.15) is 5.82 Å². The zero-order chi connectivity index (χ0) is 39.0. The summed E-state index contributed by atoms with van der Waals surface area (Å²) in [5.74, 6) is 0.988. The van der Waals surface area contributed by atoms with E-state index in [1.807, 2.05) is 0 Å². The van der Waals surface area contributed by atoms with Crippen LogP contribution >= 0.6 is 0 Å². The van der Waals surface area contributed by atoms with Crippen LogP contribution in [-0.4, -0.2) is 72.3 Å². The van der Waals surface area contributed by atoms with E-state index in [4.69, 9.17) is 4.98 Å². The van der Waals surface area contributed by atoms with Crippen LogP contribution in [0.15, 0.2) is 127 Å². The van der Waals surface area contributed by atoms with Crippen LogP contribution in [0.25, 0.3) is 82.8 Å². The summed E-state index contributed by atoms with van der Waals surface area (Å²) in [4.78, 5) is 4.88. The molecule has 0 saturated carbocycles. The lowest BCUT2D eigenvalue weighted by Gasteiger charge is -2.28. The smallest absolute Gasteiger partial charge is 0.139 e. The van der Waals surface area contributed by atoms with Gasteiger partial charge in [0.05, 0.1) is 11.0 Å². The van der Waals surface area contributed by atoms with Crippen LogP contribution in [0.3, 0.4) is 0 Å². The Kier molecular flexibility index (Phi) is 8.84. The van der Waals surface area contributed by atoms with Crippen LogP contribution in [0.4, 0.5) is 0 Å². The van der Waals surface area contributed by atoms with Gasteiger partial charge in [-0.3, -0.25) is 4.57 Å². The highest BCUT2D eigenvalue weighted by atomic mass is 15.1. The Balaban J connectivity index is 1.44. The molecule has 0 unspecified atom stereocenters. The summed E-state index contributed by atoms with van der Waals surface area (Å²) in [5, 5.41) is 5.40. The summed E-state index contributed by atoms with van der Waals surface area (Å²) in [6.45, 7) is 2.10. The van der Waals surface area contributed by atoms with Gasteiger partial charge < -0.3 is 0 Å². The SMILES string of the molecule is Bc1c(B)c(B)c2c(-c3cc(-c4ccccc4)cc(-c4ccccc4)c3)c3c(B)c(B)c(B)c(B)c3c(-c3ccc(-n4c(C)nc5ccccc54)cc3)c2c1B. The molecule has 1 aromatic heterocycles. The van der Waals surface area contributed by atoms with Gasteiger partial charge in [-0.15, -0.1) is 21.9 Å². The number of rotatable bonds is 5. The number of benzene rings is 8. The normalized spacial score (nSPS) is 11.5. The van der Waals surface area contributed by atoms with Crippen molar-refractivity contribution in [2.75, 3.05) is 0 Å². The van der Waals surface area contributed by atoms with Crippen molar-refractivity contribution in [3.05, 3.63) is 133 Å². The largest absolute Gasteiger partial charge is 0.297 e. The van der Waals surface area contributed by atoms with Crippen LogP contribution in [0.5, 0.6) is 0 Å². The number of hydrogen-bond acceptors (Lipinski definition) is 1. The lowest BCUT2D eigenvalue weighted by atomic mass is 9.59. The third kappa shape index (κ3) is 5.56. The van der Waals surface area contributed by atoms with Crippen molar-refractivity contribution in [2.45, 2.75) is 6.92 Å². The van der Waals surface area contributed by atoms with E-state index in [2.05, 4.69) is 202 Å². The first-order valence-electron chi connectivity index (χ1n) is 19.8. The van der Waals surface area contributed by atoms with E-state index in [0.717, 1.165) is 22.5 Å². The molecule has 1 heterocycles. The second-order valence-electron chi connectivity index (χ2n) is 15.8. The minimum Gasteiger partial charge on any atom is -0.297 e. The van der Waals surface area contributed by atoms with Gasteiger partial charge in [0.25, 0.3) is 0 Å². The molecular weight excluding hydrogens is 667 g/mol. The minimum absolute atomic E-state index is 0.988. The van der Waals surface area contributed by atoms with Gasteiger partial charge in [-0.1, -0.05) is 107 Å². The molecule has 0 fully saturated rings. The molecular formula is C46H40B8N2. The first kappa shape index (κ1) is 35.9. The molecule has 0 saturated heterocycles. The zero-order valence-electron chi connectivity index (χ0n) is 34.0. The summed E-state index contributed by atoms with van der Waals surface area (Å²) in [6.07, 6.45) is 0. The van der Waals surface area contributed by atoms with E-state index in [-0.39, 0.29) is 0 Å². The molecule has 9 aromatic rings. The van der Waals surface area contributed by atoms with E-state index in [0.29, 0.717) is 0 Å². The fraction of sp³-hybridized carbons (Fsp3) is 0.0217. The molecule has 0 aliphatic rings. The van der Waals surface area contributed by atoms with E-state index < -0.39 is 0 Å². The van der Waals surface area contributed by atoms with Crippen molar-refractivity contribution < 1.29 is 0 Å². The molecule has 0 bridgehead atoms. The fourth-order valence-corrected chi connectivity index (χ4v) is 9.32. The lowest BCUT2D eigenvalue weighted by Crippen LogP contribution is -2.50. The number of para-hydroxylation sites is 2. The van der Waals surface area contributed by atoms with Crippen LogP contribution in [0.2, 0.25) is 0 Å². The molecule has 0 N–H and O–H groups in total. The summed E-state index contributed by atoms with van der Waals surface area (Å²) < 4.78 is 2.27. The minimum atomic E-state index is 0.988. The number of aromatic nitrogens is 2. The monoisotopic (exact) mass is 708 g/mol. The van der Waals surface area contributed by atoms with E-state index in [1.165, 1.54) is 110 Å². The molecule has 2 nitrogen and oxygen atoms in total. The van der Waals surface area contributed by atoms with Crippen molar-refractivity contribution >= 4 is 139 Å². The Labute approximate surface area is 337 Å². The first-order valence-corrected chi connectivity index (χ1v) is 19.8. The molecule has 258 valence electrons. The Morgan fingerprint density at radius 1 is 0.375 bits per heavy atom. The Bertz CT molecular complexity index is 2910. The van der Waals surface area contributed by atoms with Gasteiger partial charge in [-0.25, -0.2) is 4.98 Å². The summed E-state index contributed by atoms with van der Waals surface area (Å²) >= 11 is 0. The van der Waals surface area contributed by atoms with Crippen molar-refractivity contribution in [1.29, 1.82) is 0 Å². The molecule has 8 aromatic carbocycles. The van der Waals surface area contributed by atoms with E-state index >= 15 is 0 Å². The highest BCUT2D eigenvalue weighted by Crippen LogP contribution is 2.43. The second kappa shape index (κ2) is 13.8. The highest BCUT2D eigenvalue weighted by Gasteiger charge is 2.26. The van der Waals surface area contributed by atoms with Gasteiger partial charge in [0.1, 0.15) is 68.6 Å². The number of hydrogen-bond donors (Lipinski definition) is 0. The van der Waals surface area contributed by atoms with Crippen molar-refractivity contribution in [1.82, 2.24) is 9.55 Å². The van der Waals surface area contributed by atoms with Gasteiger partial charge in [0, 0.05) is 5.69 Å². The topological polar surface area (TPSA) is 17.8 Å². The van der Waals surface area contributed by atoms with Crippen molar-refractivity contribution in [3.8, 4) is 50.2 Å². The Hall–Kier alpha value is -5.73. The second-order valence-corrected chi connectivity index (χ2v) is 15.8. The summed E-state index contributed by atoms with van der Waals surface area (Å²) in [7, 11) is 18.6. The predicted molar refractivity (Wildman–Crippen MR) is 268 cm³/mol. The molecule has 10 heteroatoms. The number of imidazole rings is 1. The quantitative estimate of drug-likeness (QED) is 0.156. The highest BCUT2D eigenvalue weighted by molar-refractivity contribution is 6.71. The average Bonchev–Trinajstić information content (AvgIpc) is 3.58. The molecule has 0 atom stereocenters. The Morgan fingerprint density at radius 3 is 1.23 bits per heavy atom. The maximum absolute atomic E-state index is 4.88. The molecule has 56 heavy (non-hydrogen) atoms. The summed E-state index contributed by atoms with van der Waals surface area (Å²) in [6, 6.07) is 46.6. The van der Waals surface area contributed by atoms with E-state index in [1.54, 1.807) is 0 Å². The van der Waals surface area contributed by atoms with Gasteiger partial charge in [0.15, 0.2) is 0 Å². The van der Waals surface area contributed by atoms with Crippen LogP contribution in [-0.2, 0) is 0 Å². The van der Waals surface area contributed by atoms with Gasteiger partial charge in [-0.2, -0.15) is 0 Å². The molecule has 9 rings (SSSR count). The number of nitrogens with zero attached hydrogens (tertiary/aromatic N) is 2. The third-order valence-electron chi connectivity index (χ3n) is 13.0. The molecule has 0 spiro atoms. The summed E-state index contributed by atoms with van der Waals surface area (Å²) in [5.41, 5.74) is 24.1. The molecule has 0 amide bonds. The molecule has 0 aliphatic heterocycles. The van der Waals surface area contributed by atoms with Crippen molar-refractivity contribution in [2.24, 2.45) is 0 Å². The Morgan fingerprint density at radius 2 is 0.768 bits per heavy atom. The third-order valence-corrected chi connectivity index (χ3v) is 13.0. The predicted octanol–water partition coefficient (Wildman–Crippen LogP) is -1.62. The standard InChI is InChI=1S/C46H40B8N2/c1-23-55-31-14-8-9-15-32(31)56(23)30-18-16-26(17-19-30)33-35-37(41(49)45(53)43(51)39(35)47)34(38-36(33)40(48)44(52)46(54)42(38)50)29-21-27(24-10-4-2-5-11-24)20-28(22-29)25-12-6-3-7-13-25/h2-22H,47-54H2,1H3. The fourth-order valence-electron chi connectivity index (χ4n) is 9.32. The van der Waals surface area contributed by atoms with Crippen LogP contribution in [0, 0.1) is 6.92 Å². The van der Waals surface area contributed by atoms with Gasteiger partial charge in [0.2, 0.25) is 0 Å². The zero-order valence-corrected chi connectivity index (χ0v) is 34.0. The molecule has 0 radical (unpaired) electrons. The van der Waals surface area contributed by atoms with Gasteiger partial charge in [-0.05, 0) is 115 Å². The first-order chi connectivity index (χ1) is 27.0. The maximum atomic E-state index is 4.88. The maximum Gasteiger partial charge on any atom is 0.139 e. The number of aryl methyl sites for hydroxylation is 1. The van der Waals surface area contributed by atoms with E-state index in [9.17, 15) is 0 Å². The van der Waals surface area contributed by atoms with Crippen molar-refractivity contribution in [3.63, 3.8) is 0 Å². The number of fused-ring (bicyclic) bond motifs is 3.